The highest BCUT2D eigenvalue weighted by molar-refractivity contribution is 5.25. The average molecular weight is 208 g/mol. The molecule has 1 unspecified atom stereocenters. The number of hydrogen-bond donors (Lipinski definition) is 1. The van der Waals surface area contributed by atoms with Crippen molar-refractivity contribution in [3.05, 3.63) is 35.4 Å². The molecule has 1 N–H and O–H groups in total. The van der Waals surface area contributed by atoms with Crippen molar-refractivity contribution in [2.75, 3.05) is 0 Å². The molecule has 0 saturated heterocycles. The van der Waals surface area contributed by atoms with Crippen LogP contribution in [0, 0.1) is 11.6 Å². The van der Waals surface area contributed by atoms with Crippen LogP contribution in [0.25, 0.3) is 0 Å². The highest BCUT2D eigenvalue weighted by Crippen LogP contribution is 2.30. The third kappa shape index (κ3) is 1.87. The van der Waals surface area contributed by atoms with Crippen molar-refractivity contribution < 1.29 is 22.7 Å². The molecule has 0 amide bonds. The smallest absolute Gasteiger partial charge is 0.270 e. The molecule has 0 bridgehead atoms. The van der Waals surface area contributed by atoms with E-state index in [0.29, 0.717) is 12.1 Å². The van der Waals surface area contributed by atoms with Gasteiger partial charge in [0.15, 0.2) is 5.60 Å². The lowest BCUT2D eigenvalue weighted by Crippen LogP contribution is -2.31. The Bertz CT molecular complexity index is 336. The molecule has 0 aromatic heterocycles. The summed E-state index contributed by atoms with van der Waals surface area (Å²) in [4.78, 5) is 0. The lowest BCUT2D eigenvalue weighted by Gasteiger charge is -2.23. The van der Waals surface area contributed by atoms with Crippen LogP contribution < -0.4 is 0 Å². The minimum absolute atomic E-state index is 0.557. The van der Waals surface area contributed by atoms with Crippen LogP contribution in [0.4, 0.5) is 17.6 Å². The van der Waals surface area contributed by atoms with E-state index in [2.05, 4.69) is 0 Å². The maximum atomic E-state index is 13.0. The van der Waals surface area contributed by atoms with Gasteiger partial charge in [-0.05, 0) is 25.1 Å². The maximum Gasteiger partial charge on any atom is 0.270 e. The second kappa shape index (κ2) is 3.57. The monoisotopic (exact) mass is 208 g/mol. The molecule has 5 heteroatoms. The number of benzene rings is 1. The standard InChI is InChI=1S/C9H8F4O/c1-9(14,8(12)13)6-4-5(10)2-3-7(6)11/h2-4,8,14H,1H3. The Morgan fingerprint density at radius 2 is 1.86 bits per heavy atom. The normalized spacial score (nSPS) is 15.6. The van der Waals surface area contributed by atoms with Gasteiger partial charge in [-0.25, -0.2) is 17.6 Å². The summed E-state index contributed by atoms with van der Waals surface area (Å²) in [6.07, 6.45) is -3.18. The van der Waals surface area contributed by atoms with E-state index in [1.165, 1.54) is 0 Å². The van der Waals surface area contributed by atoms with Crippen molar-refractivity contribution in [1.82, 2.24) is 0 Å². The van der Waals surface area contributed by atoms with Crippen LogP contribution in [-0.2, 0) is 5.60 Å². The fraction of sp³-hybridized carbons (Fsp3) is 0.333. The minimum atomic E-state index is -3.18. The Hall–Kier alpha value is -1.10. The first-order chi connectivity index (χ1) is 6.35. The van der Waals surface area contributed by atoms with Crippen molar-refractivity contribution in [2.24, 2.45) is 0 Å². The van der Waals surface area contributed by atoms with Gasteiger partial charge in [-0.2, -0.15) is 0 Å². The van der Waals surface area contributed by atoms with E-state index in [1.807, 2.05) is 0 Å². The van der Waals surface area contributed by atoms with Gasteiger partial charge >= 0.3 is 0 Å². The van der Waals surface area contributed by atoms with Crippen LogP contribution in [0.3, 0.4) is 0 Å². The lowest BCUT2D eigenvalue weighted by atomic mass is 9.96. The highest BCUT2D eigenvalue weighted by atomic mass is 19.3. The van der Waals surface area contributed by atoms with Gasteiger partial charge in [-0.15, -0.1) is 0 Å². The van der Waals surface area contributed by atoms with Crippen molar-refractivity contribution in [2.45, 2.75) is 19.0 Å². The molecule has 1 atom stereocenters. The van der Waals surface area contributed by atoms with Crippen molar-refractivity contribution in [1.29, 1.82) is 0 Å². The van der Waals surface area contributed by atoms with Gasteiger partial charge in [0.1, 0.15) is 11.6 Å². The van der Waals surface area contributed by atoms with Gasteiger partial charge in [0, 0.05) is 5.56 Å². The molecule has 0 saturated carbocycles. The summed E-state index contributed by atoms with van der Waals surface area (Å²) in [5, 5.41) is 9.21. The number of alkyl halides is 2. The number of hydrogen-bond acceptors (Lipinski definition) is 1. The zero-order valence-corrected chi connectivity index (χ0v) is 7.27. The molecule has 1 rings (SSSR count). The highest BCUT2D eigenvalue weighted by Gasteiger charge is 2.36. The fourth-order valence-corrected chi connectivity index (χ4v) is 1.00. The molecule has 14 heavy (non-hydrogen) atoms. The van der Waals surface area contributed by atoms with Gasteiger partial charge in [-0.1, -0.05) is 0 Å². The molecule has 0 radical (unpaired) electrons. The Morgan fingerprint density at radius 3 is 2.36 bits per heavy atom. The lowest BCUT2D eigenvalue weighted by molar-refractivity contribution is -0.0904. The summed E-state index contributed by atoms with van der Waals surface area (Å²) in [6, 6.07) is 2.05. The molecule has 0 spiro atoms. The second-order valence-corrected chi connectivity index (χ2v) is 3.07. The van der Waals surface area contributed by atoms with Crippen LogP contribution in [0.5, 0.6) is 0 Å². The first-order valence-electron chi connectivity index (χ1n) is 3.81. The van der Waals surface area contributed by atoms with Gasteiger partial charge in [0.2, 0.25) is 0 Å². The summed E-state index contributed by atoms with van der Waals surface area (Å²) in [5.74, 6) is -1.93. The Morgan fingerprint density at radius 1 is 1.29 bits per heavy atom. The quantitative estimate of drug-likeness (QED) is 0.740. The second-order valence-electron chi connectivity index (χ2n) is 3.07. The first kappa shape index (κ1) is 11.0. The fourth-order valence-electron chi connectivity index (χ4n) is 1.00. The molecule has 0 fully saturated rings. The van der Waals surface area contributed by atoms with Gasteiger partial charge < -0.3 is 5.11 Å². The summed E-state index contributed by atoms with van der Waals surface area (Å²) in [6.45, 7) is 0.732. The Kier molecular flexibility index (Phi) is 2.80. The van der Waals surface area contributed by atoms with Crippen LogP contribution in [0.2, 0.25) is 0 Å². The Labute approximate surface area is 78.0 Å². The summed E-state index contributed by atoms with van der Waals surface area (Å²) >= 11 is 0. The van der Waals surface area contributed by atoms with Crippen molar-refractivity contribution in [3.63, 3.8) is 0 Å². The van der Waals surface area contributed by atoms with Crippen LogP contribution in [0.1, 0.15) is 12.5 Å². The number of halogens is 4. The van der Waals surface area contributed by atoms with E-state index >= 15 is 0 Å². The van der Waals surface area contributed by atoms with E-state index in [9.17, 15) is 22.7 Å². The molecule has 0 aliphatic carbocycles. The third-order valence-corrected chi connectivity index (χ3v) is 1.90. The summed E-state index contributed by atoms with van der Waals surface area (Å²) < 4.78 is 50.1. The molecule has 0 aliphatic heterocycles. The molecular weight excluding hydrogens is 200 g/mol. The maximum absolute atomic E-state index is 13.0. The zero-order chi connectivity index (χ0) is 10.9. The largest absolute Gasteiger partial charge is 0.379 e. The molecule has 1 nitrogen and oxygen atoms in total. The average Bonchev–Trinajstić information content (AvgIpc) is 2.08. The molecular formula is C9H8F4O. The van der Waals surface area contributed by atoms with Gasteiger partial charge in [0.05, 0.1) is 0 Å². The predicted octanol–water partition coefficient (Wildman–Crippen LogP) is 2.44. The SMILES string of the molecule is CC(O)(c1cc(F)ccc1F)C(F)F. The third-order valence-electron chi connectivity index (χ3n) is 1.90. The molecule has 1 aromatic rings. The molecule has 1 aromatic carbocycles. The van der Waals surface area contributed by atoms with E-state index in [4.69, 9.17) is 0 Å². The van der Waals surface area contributed by atoms with E-state index in [0.717, 1.165) is 13.0 Å². The minimum Gasteiger partial charge on any atom is -0.379 e. The van der Waals surface area contributed by atoms with E-state index in [-0.39, 0.29) is 0 Å². The van der Waals surface area contributed by atoms with Crippen molar-refractivity contribution in [3.8, 4) is 0 Å². The molecule has 78 valence electrons. The number of rotatable bonds is 2. The number of aliphatic hydroxyl groups is 1. The van der Waals surface area contributed by atoms with Crippen molar-refractivity contribution >= 4 is 0 Å². The van der Waals surface area contributed by atoms with Gasteiger partial charge in [-0.3, -0.25) is 0 Å². The van der Waals surface area contributed by atoms with E-state index in [1.54, 1.807) is 0 Å². The van der Waals surface area contributed by atoms with E-state index < -0.39 is 29.2 Å². The topological polar surface area (TPSA) is 20.2 Å². The van der Waals surface area contributed by atoms with Crippen LogP contribution in [0.15, 0.2) is 18.2 Å². The molecule has 0 heterocycles. The summed E-state index contributed by atoms with van der Waals surface area (Å²) in [5.41, 5.74) is -3.42. The predicted molar refractivity (Wildman–Crippen MR) is 41.9 cm³/mol. The zero-order valence-electron chi connectivity index (χ0n) is 7.27. The first-order valence-corrected chi connectivity index (χ1v) is 3.81. The van der Waals surface area contributed by atoms with Crippen LogP contribution in [-0.4, -0.2) is 11.5 Å². The Balaban J connectivity index is 3.24. The van der Waals surface area contributed by atoms with Crippen LogP contribution >= 0.6 is 0 Å². The summed E-state index contributed by atoms with van der Waals surface area (Å²) in [7, 11) is 0. The molecule has 0 aliphatic rings. The van der Waals surface area contributed by atoms with Gasteiger partial charge in [0.25, 0.3) is 6.43 Å².